The van der Waals surface area contributed by atoms with Crippen molar-refractivity contribution >= 4 is 0 Å². The second-order valence-electron chi connectivity index (χ2n) is 3.37. The Morgan fingerprint density at radius 3 is 2.92 bits per heavy atom. The zero-order valence-corrected chi connectivity index (χ0v) is 7.42. The van der Waals surface area contributed by atoms with Crippen LogP contribution in [0.25, 0.3) is 0 Å². The molecular weight excluding hydrogens is 150 g/mol. The van der Waals surface area contributed by atoms with Gasteiger partial charge in [0.1, 0.15) is 0 Å². The Hall–Kier alpha value is -0.520. The van der Waals surface area contributed by atoms with Gasteiger partial charge < -0.3 is 10.4 Å². The predicted octanol–water partition coefficient (Wildman–Crippen LogP) is 0.903. The van der Waals surface area contributed by atoms with Gasteiger partial charge in [0.15, 0.2) is 0 Å². The normalized spacial score (nSPS) is 28.7. The largest absolute Gasteiger partial charge is 0.392 e. The van der Waals surface area contributed by atoms with Crippen LogP contribution < -0.4 is 5.32 Å². The first-order valence-corrected chi connectivity index (χ1v) is 4.69. The van der Waals surface area contributed by atoms with Crippen molar-refractivity contribution < 1.29 is 5.11 Å². The van der Waals surface area contributed by atoms with Gasteiger partial charge in [-0.15, -0.1) is 12.3 Å². The molecule has 0 heterocycles. The lowest BCUT2D eigenvalue weighted by atomic mass is 10.2. The van der Waals surface area contributed by atoms with E-state index in [0.29, 0.717) is 6.04 Å². The van der Waals surface area contributed by atoms with Crippen molar-refractivity contribution in [1.29, 1.82) is 0 Å². The summed E-state index contributed by atoms with van der Waals surface area (Å²) in [6.07, 6.45) is 10.0. The highest BCUT2D eigenvalue weighted by Crippen LogP contribution is 2.18. The molecular formula is C10H17NO. The molecule has 0 amide bonds. The van der Waals surface area contributed by atoms with Gasteiger partial charge in [-0.3, -0.25) is 0 Å². The Balaban J connectivity index is 2.03. The van der Waals surface area contributed by atoms with Gasteiger partial charge in [0.05, 0.1) is 6.10 Å². The average Bonchev–Trinajstić information content (AvgIpc) is 2.46. The minimum Gasteiger partial charge on any atom is -0.392 e. The standard InChI is InChI=1S/C10H17NO/c1-2-3-4-8-11-9-6-5-7-10(9)12/h1,9-12H,3-8H2/t9-,10-/m1/s1. The molecule has 0 bridgehead atoms. The maximum atomic E-state index is 9.44. The first-order chi connectivity index (χ1) is 5.84. The molecule has 1 saturated carbocycles. The highest BCUT2D eigenvalue weighted by molar-refractivity contribution is 4.85. The van der Waals surface area contributed by atoms with Crippen LogP contribution in [0.4, 0.5) is 0 Å². The molecule has 1 rings (SSSR count). The number of rotatable bonds is 4. The smallest absolute Gasteiger partial charge is 0.0693 e. The van der Waals surface area contributed by atoms with Gasteiger partial charge in [0.25, 0.3) is 0 Å². The van der Waals surface area contributed by atoms with Crippen molar-refractivity contribution in [2.24, 2.45) is 0 Å². The van der Waals surface area contributed by atoms with E-state index in [2.05, 4.69) is 11.2 Å². The fourth-order valence-electron chi connectivity index (χ4n) is 1.66. The SMILES string of the molecule is C#CCCCN[C@@H]1CCC[C@H]1O. The maximum Gasteiger partial charge on any atom is 0.0693 e. The summed E-state index contributed by atoms with van der Waals surface area (Å²) in [5.41, 5.74) is 0. The highest BCUT2D eigenvalue weighted by Gasteiger charge is 2.23. The molecule has 2 atom stereocenters. The van der Waals surface area contributed by atoms with E-state index in [1.165, 1.54) is 0 Å². The van der Waals surface area contributed by atoms with Crippen LogP contribution in [-0.2, 0) is 0 Å². The van der Waals surface area contributed by atoms with Crippen LogP contribution in [0.2, 0.25) is 0 Å². The molecule has 0 unspecified atom stereocenters. The van der Waals surface area contributed by atoms with Crippen LogP contribution >= 0.6 is 0 Å². The molecule has 12 heavy (non-hydrogen) atoms. The minimum absolute atomic E-state index is 0.129. The van der Waals surface area contributed by atoms with Gasteiger partial charge in [0, 0.05) is 12.5 Å². The monoisotopic (exact) mass is 167 g/mol. The molecule has 0 aromatic heterocycles. The van der Waals surface area contributed by atoms with Crippen LogP contribution in [0, 0.1) is 12.3 Å². The fraction of sp³-hybridized carbons (Fsp3) is 0.800. The van der Waals surface area contributed by atoms with E-state index in [1.54, 1.807) is 0 Å². The molecule has 68 valence electrons. The number of nitrogens with one attached hydrogen (secondary N) is 1. The first-order valence-electron chi connectivity index (χ1n) is 4.69. The molecule has 1 fully saturated rings. The Labute approximate surface area is 74.4 Å². The zero-order valence-electron chi connectivity index (χ0n) is 7.42. The van der Waals surface area contributed by atoms with Gasteiger partial charge in [0.2, 0.25) is 0 Å². The van der Waals surface area contributed by atoms with Crippen LogP contribution in [0.15, 0.2) is 0 Å². The van der Waals surface area contributed by atoms with E-state index in [9.17, 15) is 5.11 Å². The highest BCUT2D eigenvalue weighted by atomic mass is 16.3. The molecule has 2 heteroatoms. The second-order valence-corrected chi connectivity index (χ2v) is 3.37. The van der Waals surface area contributed by atoms with E-state index in [1.807, 2.05) is 0 Å². The topological polar surface area (TPSA) is 32.3 Å². The van der Waals surface area contributed by atoms with Gasteiger partial charge in [-0.2, -0.15) is 0 Å². The van der Waals surface area contributed by atoms with Crippen molar-refractivity contribution in [1.82, 2.24) is 5.32 Å². The number of terminal acetylenes is 1. The molecule has 0 saturated heterocycles. The van der Waals surface area contributed by atoms with E-state index < -0.39 is 0 Å². The lowest BCUT2D eigenvalue weighted by molar-refractivity contribution is 0.149. The van der Waals surface area contributed by atoms with Crippen molar-refractivity contribution in [3.63, 3.8) is 0 Å². The molecule has 1 aliphatic rings. The lowest BCUT2D eigenvalue weighted by Gasteiger charge is -2.15. The van der Waals surface area contributed by atoms with Gasteiger partial charge >= 0.3 is 0 Å². The van der Waals surface area contributed by atoms with E-state index in [0.717, 1.165) is 38.6 Å². The molecule has 0 radical (unpaired) electrons. The van der Waals surface area contributed by atoms with Crippen LogP contribution in [0.5, 0.6) is 0 Å². The molecule has 0 aromatic carbocycles. The second kappa shape index (κ2) is 5.18. The molecule has 0 aromatic rings. The summed E-state index contributed by atoms with van der Waals surface area (Å²) >= 11 is 0. The van der Waals surface area contributed by atoms with Gasteiger partial charge in [-0.1, -0.05) is 0 Å². The number of aliphatic hydroxyl groups is 1. The third-order valence-electron chi connectivity index (χ3n) is 2.38. The van der Waals surface area contributed by atoms with Crippen LogP contribution in [-0.4, -0.2) is 23.8 Å². The molecule has 0 aliphatic heterocycles. The Bertz CT molecular complexity index is 162. The number of hydrogen-bond donors (Lipinski definition) is 2. The summed E-state index contributed by atoms with van der Waals surface area (Å²) in [4.78, 5) is 0. The Morgan fingerprint density at radius 1 is 1.50 bits per heavy atom. The quantitative estimate of drug-likeness (QED) is 0.481. The fourth-order valence-corrected chi connectivity index (χ4v) is 1.66. The lowest BCUT2D eigenvalue weighted by Crippen LogP contribution is -2.36. The summed E-state index contributed by atoms with van der Waals surface area (Å²) in [5, 5.41) is 12.8. The summed E-state index contributed by atoms with van der Waals surface area (Å²) in [6, 6.07) is 0.322. The van der Waals surface area contributed by atoms with Gasteiger partial charge in [-0.05, 0) is 32.2 Å². The minimum atomic E-state index is -0.129. The van der Waals surface area contributed by atoms with E-state index >= 15 is 0 Å². The number of hydrogen-bond acceptors (Lipinski definition) is 2. The Kier molecular flexibility index (Phi) is 4.13. The maximum absolute atomic E-state index is 9.44. The summed E-state index contributed by atoms with van der Waals surface area (Å²) in [5.74, 6) is 2.60. The molecule has 1 aliphatic carbocycles. The van der Waals surface area contributed by atoms with Crippen molar-refractivity contribution in [3.8, 4) is 12.3 Å². The van der Waals surface area contributed by atoms with Crippen LogP contribution in [0.3, 0.4) is 0 Å². The number of unbranched alkanes of at least 4 members (excludes halogenated alkanes) is 1. The van der Waals surface area contributed by atoms with Crippen molar-refractivity contribution in [2.75, 3.05) is 6.54 Å². The summed E-state index contributed by atoms with van der Waals surface area (Å²) in [7, 11) is 0. The summed E-state index contributed by atoms with van der Waals surface area (Å²) in [6.45, 7) is 0.936. The molecule has 0 spiro atoms. The Morgan fingerprint density at radius 2 is 2.33 bits per heavy atom. The zero-order chi connectivity index (χ0) is 8.81. The van der Waals surface area contributed by atoms with Crippen LogP contribution in [0.1, 0.15) is 32.1 Å². The number of aliphatic hydroxyl groups excluding tert-OH is 1. The molecule has 2 nitrogen and oxygen atoms in total. The van der Waals surface area contributed by atoms with E-state index in [4.69, 9.17) is 6.42 Å². The predicted molar refractivity (Wildman–Crippen MR) is 49.7 cm³/mol. The third-order valence-corrected chi connectivity index (χ3v) is 2.38. The average molecular weight is 167 g/mol. The molecule has 2 N–H and O–H groups in total. The van der Waals surface area contributed by atoms with E-state index in [-0.39, 0.29) is 6.10 Å². The third kappa shape index (κ3) is 2.84. The van der Waals surface area contributed by atoms with Crippen molar-refractivity contribution in [3.05, 3.63) is 0 Å². The van der Waals surface area contributed by atoms with Crippen molar-refractivity contribution in [2.45, 2.75) is 44.2 Å². The summed E-state index contributed by atoms with van der Waals surface area (Å²) < 4.78 is 0. The first kappa shape index (κ1) is 9.57. The van der Waals surface area contributed by atoms with Gasteiger partial charge in [-0.25, -0.2) is 0 Å².